The zero-order valence-corrected chi connectivity index (χ0v) is 19.2. The number of hydrogen-bond donors (Lipinski definition) is 0. The minimum atomic E-state index is -0.824. The van der Waals surface area contributed by atoms with E-state index in [1.54, 1.807) is 23.2 Å². The number of ether oxygens (including phenoxy) is 1. The first-order valence-corrected chi connectivity index (χ1v) is 10.7. The Bertz CT molecular complexity index is 1200. The molecule has 0 radical (unpaired) electrons. The molecule has 0 saturated heterocycles. The molecule has 1 aliphatic rings. The third kappa shape index (κ3) is 3.78. The average Bonchev–Trinajstić information content (AvgIpc) is 3.14. The molecule has 6 heteroatoms. The van der Waals surface area contributed by atoms with Crippen LogP contribution in [0.4, 0.5) is 10.1 Å². The van der Waals surface area contributed by atoms with Crippen LogP contribution in [0, 0.1) is 32.5 Å². The van der Waals surface area contributed by atoms with Crippen molar-refractivity contribution in [1.82, 2.24) is 0 Å². The van der Waals surface area contributed by atoms with Crippen LogP contribution in [-0.2, 0) is 9.53 Å². The first-order valence-electron chi connectivity index (χ1n) is 10.4. The Morgan fingerprint density at radius 2 is 1.69 bits per heavy atom. The number of carbonyl (C=O) groups is 1. The molecule has 0 saturated carbocycles. The number of methoxy groups -OCH3 is 1. The number of hydrogen-bond acceptors (Lipinski definition) is 4. The van der Waals surface area contributed by atoms with Crippen LogP contribution in [0.15, 0.2) is 65.8 Å². The van der Waals surface area contributed by atoms with E-state index < -0.39 is 23.7 Å². The average molecular weight is 451 g/mol. The fourth-order valence-electron chi connectivity index (χ4n) is 4.40. The Balaban J connectivity index is 2.02. The molecule has 0 amide bonds. The maximum absolute atomic E-state index is 14.9. The topological polar surface area (TPSA) is 41.9 Å². The molecule has 4 rings (SSSR count). The monoisotopic (exact) mass is 450 g/mol. The number of hydrazone groups is 1. The highest BCUT2D eigenvalue weighted by molar-refractivity contribution is 6.31. The van der Waals surface area contributed by atoms with Crippen LogP contribution in [0.5, 0.6) is 0 Å². The first-order chi connectivity index (χ1) is 15.3. The van der Waals surface area contributed by atoms with Gasteiger partial charge in [0.05, 0.1) is 24.6 Å². The molecule has 1 heterocycles. The van der Waals surface area contributed by atoms with E-state index in [9.17, 15) is 9.18 Å². The normalized spacial score (nSPS) is 17.9. The van der Waals surface area contributed by atoms with Gasteiger partial charge < -0.3 is 4.74 Å². The summed E-state index contributed by atoms with van der Waals surface area (Å²) in [6.07, 6.45) is 0. The Morgan fingerprint density at radius 3 is 2.34 bits per heavy atom. The van der Waals surface area contributed by atoms with Gasteiger partial charge in [0.15, 0.2) is 0 Å². The van der Waals surface area contributed by atoms with E-state index in [0.717, 1.165) is 27.9 Å². The quantitative estimate of drug-likeness (QED) is 0.447. The summed E-state index contributed by atoms with van der Waals surface area (Å²) >= 11 is 6.33. The van der Waals surface area contributed by atoms with Crippen LogP contribution in [0.1, 0.15) is 33.9 Å². The highest BCUT2D eigenvalue weighted by Gasteiger charge is 2.47. The van der Waals surface area contributed by atoms with Crippen molar-refractivity contribution in [2.45, 2.75) is 26.8 Å². The lowest BCUT2D eigenvalue weighted by Gasteiger charge is -2.30. The summed E-state index contributed by atoms with van der Waals surface area (Å²) in [6, 6.07) is 17.3. The maximum atomic E-state index is 14.9. The van der Waals surface area contributed by atoms with Gasteiger partial charge in [-0.3, -0.25) is 9.80 Å². The SMILES string of the molecule is COC(=O)C1C(c2ccccc2F)=NN(c2cc(Cl)ccc2C)C1c1c(C)cccc1C. The van der Waals surface area contributed by atoms with Crippen molar-refractivity contribution in [3.05, 3.63) is 99.3 Å². The summed E-state index contributed by atoms with van der Waals surface area (Å²) in [6.45, 7) is 5.96. The number of anilines is 1. The van der Waals surface area contributed by atoms with Gasteiger partial charge in [0.1, 0.15) is 11.7 Å². The molecule has 0 aliphatic carbocycles. The smallest absolute Gasteiger partial charge is 0.317 e. The number of aryl methyl sites for hydroxylation is 3. The van der Waals surface area contributed by atoms with Crippen molar-refractivity contribution in [1.29, 1.82) is 0 Å². The van der Waals surface area contributed by atoms with E-state index >= 15 is 0 Å². The molecule has 1 aliphatic heterocycles. The number of halogens is 2. The van der Waals surface area contributed by atoms with Crippen LogP contribution in [0.25, 0.3) is 0 Å². The highest BCUT2D eigenvalue weighted by Crippen LogP contribution is 2.45. The fourth-order valence-corrected chi connectivity index (χ4v) is 4.57. The lowest BCUT2D eigenvalue weighted by molar-refractivity contribution is -0.143. The zero-order chi connectivity index (χ0) is 23.0. The molecule has 2 unspecified atom stereocenters. The molecule has 3 aromatic rings. The van der Waals surface area contributed by atoms with Gasteiger partial charge in [0.25, 0.3) is 0 Å². The summed E-state index contributed by atoms with van der Waals surface area (Å²) < 4.78 is 20.1. The molecule has 4 nitrogen and oxygen atoms in total. The molecule has 0 fully saturated rings. The van der Waals surface area contributed by atoms with Crippen LogP contribution in [0.3, 0.4) is 0 Å². The Hall–Kier alpha value is -3.18. The lowest BCUT2D eigenvalue weighted by atomic mass is 9.83. The highest BCUT2D eigenvalue weighted by atomic mass is 35.5. The largest absolute Gasteiger partial charge is 0.468 e. The molecular weight excluding hydrogens is 427 g/mol. The standard InChI is InChI=1S/C26H24ClFN2O2/c1-15-12-13-18(27)14-21(15)30-25(22-16(2)8-7-9-17(22)3)23(26(31)32-4)24(29-30)19-10-5-6-11-20(19)28/h5-14,23,25H,1-4H3. The van der Waals surface area contributed by atoms with Crippen molar-refractivity contribution in [2.24, 2.45) is 11.0 Å². The summed E-state index contributed by atoms with van der Waals surface area (Å²) in [4.78, 5) is 13.2. The second kappa shape index (κ2) is 8.75. The van der Waals surface area contributed by atoms with Crippen molar-refractivity contribution >= 4 is 29.0 Å². The maximum Gasteiger partial charge on any atom is 0.317 e. The Morgan fingerprint density at radius 1 is 1.00 bits per heavy atom. The molecule has 3 aromatic carbocycles. The molecule has 0 spiro atoms. The molecule has 0 bridgehead atoms. The van der Waals surface area contributed by atoms with E-state index in [0.29, 0.717) is 10.7 Å². The van der Waals surface area contributed by atoms with Crippen molar-refractivity contribution in [2.75, 3.05) is 12.1 Å². The second-order valence-corrected chi connectivity index (χ2v) is 8.43. The zero-order valence-electron chi connectivity index (χ0n) is 18.4. The van der Waals surface area contributed by atoms with Gasteiger partial charge in [-0.1, -0.05) is 54.1 Å². The van der Waals surface area contributed by atoms with Crippen molar-refractivity contribution < 1.29 is 13.9 Å². The van der Waals surface area contributed by atoms with E-state index in [1.807, 2.05) is 57.2 Å². The third-order valence-corrected chi connectivity index (χ3v) is 6.19. The summed E-state index contributed by atoms with van der Waals surface area (Å²) in [7, 11) is 1.34. The van der Waals surface area contributed by atoms with E-state index in [4.69, 9.17) is 21.4 Å². The number of carbonyl (C=O) groups excluding carboxylic acids is 1. The van der Waals surface area contributed by atoms with Gasteiger partial charge in [-0.2, -0.15) is 5.10 Å². The molecule has 2 atom stereocenters. The minimum absolute atomic E-state index is 0.279. The molecular formula is C26H24ClFN2O2. The molecule has 0 N–H and O–H groups in total. The van der Waals surface area contributed by atoms with Crippen LogP contribution in [0.2, 0.25) is 5.02 Å². The Labute approximate surface area is 192 Å². The minimum Gasteiger partial charge on any atom is -0.468 e. The van der Waals surface area contributed by atoms with Crippen LogP contribution < -0.4 is 5.01 Å². The van der Waals surface area contributed by atoms with Gasteiger partial charge in [-0.15, -0.1) is 0 Å². The predicted octanol–water partition coefficient (Wildman–Crippen LogP) is 6.16. The van der Waals surface area contributed by atoms with Gasteiger partial charge in [-0.25, -0.2) is 4.39 Å². The van der Waals surface area contributed by atoms with Crippen LogP contribution in [-0.4, -0.2) is 18.8 Å². The second-order valence-electron chi connectivity index (χ2n) is 7.99. The number of esters is 1. The third-order valence-electron chi connectivity index (χ3n) is 5.95. The lowest BCUT2D eigenvalue weighted by Crippen LogP contribution is -2.34. The van der Waals surface area contributed by atoms with Gasteiger partial charge >= 0.3 is 5.97 Å². The van der Waals surface area contributed by atoms with Crippen molar-refractivity contribution in [3.8, 4) is 0 Å². The fraction of sp³-hybridized carbons (Fsp3) is 0.231. The predicted molar refractivity (Wildman–Crippen MR) is 126 cm³/mol. The number of rotatable bonds is 4. The van der Waals surface area contributed by atoms with Crippen LogP contribution >= 0.6 is 11.6 Å². The van der Waals surface area contributed by atoms with Gasteiger partial charge in [-0.05, 0) is 61.2 Å². The van der Waals surface area contributed by atoms with E-state index in [2.05, 4.69) is 0 Å². The Kier molecular flexibility index (Phi) is 6.02. The number of benzene rings is 3. The molecule has 164 valence electrons. The number of nitrogens with zero attached hydrogens (tertiary/aromatic N) is 2. The van der Waals surface area contributed by atoms with Crippen molar-refractivity contribution in [3.63, 3.8) is 0 Å². The van der Waals surface area contributed by atoms with E-state index in [1.165, 1.54) is 13.2 Å². The summed E-state index contributed by atoms with van der Waals surface area (Å²) in [5.74, 6) is -1.73. The van der Waals surface area contributed by atoms with Gasteiger partial charge in [0.2, 0.25) is 0 Å². The summed E-state index contributed by atoms with van der Waals surface area (Å²) in [5, 5.41) is 7.17. The van der Waals surface area contributed by atoms with Gasteiger partial charge in [0, 0.05) is 10.6 Å². The van der Waals surface area contributed by atoms with E-state index in [-0.39, 0.29) is 5.56 Å². The molecule has 32 heavy (non-hydrogen) atoms. The summed E-state index contributed by atoms with van der Waals surface area (Å²) in [5.41, 5.74) is 5.29. The molecule has 0 aromatic heterocycles. The first kappa shape index (κ1) is 22.0.